The van der Waals surface area contributed by atoms with Crippen molar-refractivity contribution in [1.82, 2.24) is 48.6 Å². The topological polar surface area (TPSA) is 229 Å². The summed E-state index contributed by atoms with van der Waals surface area (Å²) >= 11 is 0. The van der Waals surface area contributed by atoms with Gasteiger partial charge in [0.15, 0.2) is 28.1 Å². The third-order valence-corrected chi connectivity index (χ3v) is 7.35. The van der Waals surface area contributed by atoms with Crippen LogP contribution in [0.3, 0.4) is 0 Å². The summed E-state index contributed by atoms with van der Waals surface area (Å²) in [7, 11) is 5.17. The van der Waals surface area contributed by atoms with Crippen molar-refractivity contribution < 1.29 is 14.4 Å². The van der Waals surface area contributed by atoms with Gasteiger partial charge >= 0.3 is 5.69 Å². The number of aryl methyl sites for hydroxylation is 3. The fraction of sp³-hybridized carbons (Fsp3) is 0.171. The molecular weight excluding hydrogens is 682 g/mol. The van der Waals surface area contributed by atoms with Gasteiger partial charge in [-0.1, -0.05) is 50.2 Å². The zero-order valence-corrected chi connectivity index (χ0v) is 29.3. The van der Waals surface area contributed by atoms with Crippen LogP contribution in [0.1, 0.15) is 34.6 Å². The summed E-state index contributed by atoms with van der Waals surface area (Å²) < 4.78 is 4.73. The number of benzene rings is 2. The second kappa shape index (κ2) is 16.6. The van der Waals surface area contributed by atoms with Gasteiger partial charge in [-0.3, -0.25) is 29.5 Å². The Bertz CT molecular complexity index is 2510. The molecule has 0 spiro atoms. The smallest absolute Gasteiger partial charge is 0.318 e. The van der Waals surface area contributed by atoms with Gasteiger partial charge in [-0.15, -0.1) is 0 Å². The van der Waals surface area contributed by atoms with Crippen molar-refractivity contribution >= 4 is 57.6 Å². The fourth-order valence-corrected chi connectivity index (χ4v) is 4.46. The van der Waals surface area contributed by atoms with Gasteiger partial charge in [0.1, 0.15) is 12.1 Å². The number of imidazole rings is 2. The van der Waals surface area contributed by atoms with Crippen LogP contribution >= 0.6 is 0 Å². The zero-order valence-electron chi connectivity index (χ0n) is 29.3. The van der Waals surface area contributed by atoms with Crippen LogP contribution in [0, 0.1) is 5.92 Å². The third kappa shape index (κ3) is 9.25. The molecule has 7 rings (SSSR count). The Morgan fingerprint density at radius 3 is 1.85 bits per heavy atom. The van der Waals surface area contributed by atoms with E-state index in [4.69, 9.17) is 0 Å². The lowest BCUT2D eigenvalue weighted by atomic mass is 10.2. The van der Waals surface area contributed by atoms with E-state index in [0.717, 1.165) is 0 Å². The molecule has 3 amide bonds. The van der Waals surface area contributed by atoms with Crippen molar-refractivity contribution in [3.8, 4) is 0 Å². The highest BCUT2D eigenvalue weighted by molar-refractivity contribution is 6.06. The van der Waals surface area contributed by atoms with Gasteiger partial charge in [0.2, 0.25) is 11.9 Å². The lowest BCUT2D eigenvalue weighted by molar-refractivity contribution is -0.118. The first kappa shape index (κ1) is 36.9. The predicted octanol–water partition coefficient (Wildman–Crippen LogP) is 2.90. The minimum Gasteiger partial charge on any atom is -0.318 e. The monoisotopic (exact) mass is 717 g/mol. The van der Waals surface area contributed by atoms with Crippen LogP contribution in [0.4, 0.5) is 17.6 Å². The maximum absolute atomic E-state index is 12.1. The highest BCUT2D eigenvalue weighted by Gasteiger charge is 2.14. The number of carbonyl (C=O) groups is 3. The number of anilines is 3. The lowest BCUT2D eigenvalue weighted by Gasteiger charge is -2.06. The number of fused-ring (bicyclic) bond motifs is 2. The highest BCUT2D eigenvalue weighted by atomic mass is 16.2. The number of nitrogens with zero attached hydrogens (tertiary/aromatic N) is 9. The summed E-state index contributed by atoms with van der Waals surface area (Å²) in [5, 5.41) is 7.86. The molecule has 0 aliphatic heterocycles. The average Bonchev–Trinajstić information content (AvgIpc) is 3.73. The second-order valence-corrected chi connectivity index (χ2v) is 11.7. The molecule has 0 radical (unpaired) electrons. The van der Waals surface area contributed by atoms with Crippen molar-refractivity contribution in [2.75, 3.05) is 16.0 Å². The Morgan fingerprint density at radius 2 is 1.25 bits per heavy atom. The zero-order chi connectivity index (χ0) is 38.1. The number of H-pyrrole nitrogens is 1. The molecule has 18 heteroatoms. The van der Waals surface area contributed by atoms with E-state index in [9.17, 15) is 24.0 Å². The molecule has 0 fully saturated rings. The molecule has 5 heterocycles. The average molecular weight is 718 g/mol. The Balaban J connectivity index is 0.000000154. The van der Waals surface area contributed by atoms with Gasteiger partial charge in [-0.25, -0.2) is 24.7 Å². The molecule has 0 aliphatic carbocycles. The van der Waals surface area contributed by atoms with Gasteiger partial charge in [0, 0.05) is 44.4 Å². The normalized spacial score (nSPS) is 10.5. The molecule has 270 valence electrons. The van der Waals surface area contributed by atoms with E-state index in [2.05, 4.69) is 50.8 Å². The number of rotatable bonds is 6. The molecule has 0 atom stereocenters. The van der Waals surface area contributed by atoms with E-state index in [1.165, 1.54) is 17.2 Å². The standard InChI is InChI=1S/C13H11N5O.C12H11N3O2.C10H13N5O2/c1-18-8-16-10-11(14-7-15-12(10)18)17-13(19)9-5-3-2-4-6-9;1-15-8-7-10(14-12(15)17)13-11(16)9-5-3-2-4-6-9;1-5(2)8(16)13-10-12-7-6(9(17)14-10)11-4-15(7)3/h2-8H,1H3,(H,14,15,17,19);2-8H,1H3,(H,13,14,16,17);4-5H,1-3H3,(H2,12,13,14,16,17). The van der Waals surface area contributed by atoms with Crippen LogP contribution in [0.15, 0.2) is 101 Å². The Labute approximate surface area is 301 Å². The maximum Gasteiger partial charge on any atom is 0.349 e. The fourth-order valence-electron chi connectivity index (χ4n) is 4.46. The minimum atomic E-state index is -0.407. The summed E-state index contributed by atoms with van der Waals surface area (Å²) in [5.74, 6) is -0.0685. The Kier molecular flexibility index (Phi) is 11.5. The van der Waals surface area contributed by atoms with Crippen molar-refractivity contribution in [2.24, 2.45) is 27.1 Å². The molecule has 0 bridgehead atoms. The molecule has 7 aromatic rings. The van der Waals surface area contributed by atoms with Gasteiger partial charge in [-0.2, -0.15) is 9.97 Å². The van der Waals surface area contributed by atoms with Crippen LogP contribution in [0.5, 0.6) is 0 Å². The number of nitrogens with one attached hydrogen (secondary N) is 4. The van der Waals surface area contributed by atoms with Gasteiger partial charge in [-0.05, 0) is 30.3 Å². The van der Waals surface area contributed by atoms with E-state index in [-0.39, 0.29) is 46.5 Å². The van der Waals surface area contributed by atoms with E-state index in [1.807, 2.05) is 31.3 Å². The van der Waals surface area contributed by atoms with Crippen LogP contribution in [-0.2, 0) is 25.9 Å². The maximum atomic E-state index is 12.1. The molecular formula is C35H35N13O5. The second-order valence-electron chi connectivity index (χ2n) is 11.7. The molecule has 0 saturated carbocycles. The predicted molar refractivity (Wildman–Crippen MR) is 197 cm³/mol. The summed E-state index contributed by atoms with van der Waals surface area (Å²) in [6, 6.07) is 19.3. The molecule has 0 saturated heterocycles. The number of aromatic nitrogens is 10. The number of hydrogen-bond acceptors (Lipinski definition) is 11. The summed E-state index contributed by atoms with van der Waals surface area (Å²) in [4.78, 5) is 84.8. The Hall–Kier alpha value is -7.37. The molecule has 5 aromatic heterocycles. The minimum absolute atomic E-state index is 0.143. The van der Waals surface area contributed by atoms with Crippen molar-refractivity contribution in [3.05, 3.63) is 124 Å². The quantitative estimate of drug-likeness (QED) is 0.195. The van der Waals surface area contributed by atoms with E-state index in [1.54, 1.807) is 92.1 Å². The largest absolute Gasteiger partial charge is 0.349 e. The van der Waals surface area contributed by atoms with Crippen molar-refractivity contribution in [3.63, 3.8) is 0 Å². The third-order valence-electron chi connectivity index (χ3n) is 7.35. The summed E-state index contributed by atoms with van der Waals surface area (Å²) in [6.45, 7) is 3.52. The summed E-state index contributed by atoms with van der Waals surface area (Å²) in [5.41, 5.74) is 2.28. The van der Waals surface area contributed by atoms with E-state index >= 15 is 0 Å². The Morgan fingerprint density at radius 1 is 0.660 bits per heavy atom. The van der Waals surface area contributed by atoms with Gasteiger partial charge < -0.3 is 24.3 Å². The number of hydrogen-bond donors (Lipinski definition) is 4. The highest BCUT2D eigenvalue weighted by Crippen LogP contribution is 2.17. The van der Waals surface area contributed by atoms with Crippen LogP contribution in [0.25, 0.3) is 22.3 Å². The first-order valence-corrected chi connectivity index (χ1v) is 16.0. The van der Waals surface area contributed by atoms with Crippen LogP contribution in [0.2, 0.25) is 0 Å². The first-order chi connectivity index (χ1) is 25.4. The van der Waals surface area contributed by atoms with Crippen molar-refractivity contribution in [2.45, 2.75) is 13.8 Å². The molecule has 4 N–H and O–H groups in total. The number of aromatic amines is 1. The van der Waals surface area contributed by atoms with Crippen molar-refractivity contribution in [1.29, 1.82) is 0 Å². The van der Waals surface area contributed by atoms with E-state index < -0.39 is 5.69 Å². The summed E-state index contributed by atoms with van der Waals surface area (Å²) in [6.07, 6.45) is 6.10. The first-order valence-electron chi connectivity index (χ1n) is 16.0. The molecule has 0 unspecified atom stereocenters. The van der Waals surface area contributed by atoms with Crippen LogP contribution in [-0.4, -0.2) is 66.3 Å². The molecule has 53 heavy (non-hydrogen) atoms. The van der Waals surface area contributed by atoms with Crippen LogP contribution < -0.4 is 27.2 Å². The lowest BCUT2D eigenvalue weighted by Crippen LogP contribution is -2.22. The molecule has 18 nitrogen and oxygen atoms in total. The van der Waals surface area contributed by atoms with Gasteiger partial charge in [0.25, 0.3) is 17.4 Å². The van der Waals surface area contributed by atoms with E-state index in [0.29, 0.717) is 33.8 Å². The van der Waals surface area contributed by atoms with Gasteiger partial charge in [0.05, 0.1) is 12.7 Å². The SMILES string of the molecule is CC(C)C(=O)Nc1nc2c(ncn2C)c(=O)[nH]1.Cn1ccc(NC(=O)c2ccccc2)nc1=O.Cn1cnc2c(NC(=O)c3ccccc3)ncnc21. The molecule has 0 aliphatic rings. The molecule has 2 aromatic carbocycles. The number of amides is 3. The number of carbonyl (C=O) groups excluding carboxylic acids is 3.